The molecule has 0 bridgehead atoms. The molecule has 1 aromatic rings. The predicted octanol–water partition coefficient (Wildman–Crippen LogP) is 1.86. The number of nitrogens with zero attached hydrogens (tertiary/aromatic N) is 1. The van der Waals surface area contributed by atoms with E-state index in [1.54, 1.807) is 14.1 Å². The number of carbonyl (C=O) groups is 3. The molecule has 0 saturated carbocycles. The van der Waals surface area contributed by atoms with Gasteiger partial charge in [-0.2, -0.15) is 0 Å². The zero-order chi connectivity index (χ0) is 13.9. The molecular weight excluding hydrogens is 258 g/mol. The summed E-state index contributed by atoms with van der Waals surface area (Å²) in [5, 5.41) is 17.4. The quantitative estimate of drug-likeness (QED) is 0.813. The Morgan fingerprint density at radius 2 is 1.44 bits per heavy atom. The standard InChI is InChI=1S/C11H11NO5S/c1-12(2)11(17)18-8-4-6(9(13)14)3-7(5-8)10(15)16/h3-5H,1-2H3,(H,13,14)(H,15,16). The van der Waals surface area contributed by atoms with E-state index in [0.29, 0.717) is 0 Å². The lowest BCUT2D eigenvalue weighted by molar-refractivity contribution is 0.0696. The minimum Gasteiger partial charge on any atom is -0.478 e. The van der Waals surface area contributed by atoms with Crippen molar-refractivity contribution < 1.29 is 24.6 Å². The van der Waals surface area contributed by atoms with E-state index in [1.165, 1.54) is 17.0 Å². The van der Waals surface area contributed by atoms with Crippen LogP contribution in [0.15, 0.2) is 23.1 Å². The maximum atomic E-state index is 11.5. The molecule has 0 fully saturated rings. The van der Waals surface area contributed by atoms with Gasteiger partial charge in [-0.25, -0.2) is 9.59 Å². The normalized spacial score (nSPS) is 9.89. The molecule has 0 saturated heterocycles. The maximum absolute atomic E-state index is 11.5. The van der Waals surface area contributed by atoms with Gasteiger partial charge in [0.1, 0.15) is 0 Å². The fourth-order valence-electron chi connectivity index (χ4n) is 1.10. The Bertz CT molecular complexity index is 480. The lowest BCUT2D eigenvalue weighted by Gasteiger charge is -2.10. The highest BCUT2D eigenvalue weighted by molar-refractivity contribution is 8.13. The summed E-state index contributed by atoms with van der Waals surface area (Å²) in [4.78, 5) is 34.8. The van der Waals surface area contributed by atoms with E-state index in [0.717, 1.165) is 17.8 Å². The molecule has 1 rings (SSSR count). The Morgan fingerprint density at radius 3 is 1.78 bits per heavy atom. The van der Waals surface area contributed by atoms with Crippen molar-refractivity contribution in [3.8, 4) is 0 Å². The maximum Gasteiger partial charge on any atom is 0.335 e. The van der Waals surface area contributed by atoms with Gasteiger partial charge >= 0.3 is 11.9 Å². The SMILES string of the molecule is CN(C)C(=O)Sc1cc(C(=O)O)cc(C(=O)O)c1. The van der Waals surface area contributed by atoms with Gasteiger partial charge in [0.05, 0.1) is 11.1 Å². The van der Waals surface area contributed by atoms with E-state index in [-0.39, 0.29) is 21.3 Å². The van der Waals surface area contributed by atoms with Crippen LogP contribution in [0.5, 0.6) is 0 Å². The highest BCUT2D eigenvalue weighted by Crippen LogP contribution is 2.23. The van der Waals surface area contributed by atoms with E-state index in [9.17, 15) is 14.4 Å². The predicted molar refractivity (Wildman–Crippen MR) is 65.3 cm³/mol. The van der Waals surface area contributed by atoms with Crippen LogP contribution in [-0.4, -0.2) is 46.4 Å². The molecule has 0 radical (unpaired) electrons. The van der Waals surface area contributed by atoms with Gasteiger partial charge in [0, 0.05) is 19.0 Å². The molecule has 0 aliphatic rings. The lowest BCUT2D eigenvalue weighted by atomic mass is 10.1. The number of benzene rings is 1. The van der Waals surface area contributed by atoms with Crippen molar-refractivity contribution in [3.05, 3.63) is 29.3 Å². The number of rotatable bonds is 3. The van der Waals surface area contributed by atoms with Crippen LogP contribution in [0, 0.1) is 0 Å². The molecule has 0 spiro atoms. The molecule has 18 heavy (non-hydrogen) atoms. The van der Waals surface area contributed by atoms with Crippen LogP contribution in [0.1, 0.15) is 20.7 Å². The summed E-state index contributed by atoms with van der Waals surface area (Å²) < 4.78 is 0. The second-order valence-electron chi connectivity index (χ2n) is 3.62. The summed E-state index contributed by atoms with van der Waals surface area (Å²) in [6, 6.07) is 3.58. The first-order valence-electron chi connectivity index (χ1n) is 4.82. The number of hydrogen-bond donors (Lipinski definition) is 2. The van der Waals surface area contributed by atoms with Crippen LogP contribution in [0.2, 0.25) is 0 Å². The molecule has 0 heterocycles. The second kappa shape index (κ2) is 5.54. The average molecular weight is 269 g/mol. The van der Waals surface area contributed by atoms with Gasteiger partial charge in [-0.05, 0) is 30.0 Å². The fourth-order valence-corrected chi connectivity index (χ4v) is 1.85. The Balaban J connectivity index is 3.15. The Labute approximate surface area is 107 Å². The highest BCUT2D eigenvalue weighted by atomic mass is 32.2. The van der Waals surface area contributed by atoms with E-state index < -0.39 is 11.9 Å². The van der Waals surface area contributed by atoms with Crippen molar-refractivity contribution in [2.24, 2.45) is 0 Å². The third-order valence-electron chi connectivity index (χ3n) is 1.97. The number of amides is 1. The molecule has 6 nitrogen and oxygen atoms in total. The summed E-state index contributed by atoms with van der Waals surface area (Å²) in [6.45, 7) is 0. The molecule has 7 heteroatoms. The first-order chi connectivity index (χ1) is 8.31. The Hall–Kier alpha value is -2.02. The van der Waals surface area contributed by atoms with Crippen LogP contribution in [0.3, 0.4) is 0 Å². The zero-order valence-electron chi connectivity index (χ0n) is 9.71. The van der Waals surface area contributed by atoms with Crippen molar-refractivity contribution >= 4 is 28.9 Å². The van der Waals surface area contributed by atoms with E-state index in [2.05, 4.69) is 0 Å². The van der Waals surface area contributed by atoms with Gasteiger partial charge < -0.3 is 15.1 Å². The molecule has 0 aliphatic carbocycles. The van der Waals surface area contributed by atoms with E-state index in [1.807, 2.05) is 0 Å². The first-order valence-corrected chi connectivity index (χ1v) is 5.63. The lowest BCUT2D eigenvalue weighted by Crippen LogP contribution is -2.16. The van der Waals surface area contributed by atoms with Gasteiger partial charge in [0.15, 0.2) is 0 Å². The first kappa shape index (κ1) is 14.0. The molecule has 96 valence electrons. The van der Waals surface area contributed by atoms with Crippen molar-refractivity contribution in [1.29, 1.82) is 0 Å². The van der Waals surface area contributed by atoms with Gasteiger partial charge in [-0.1, -0.05) is 0 Å². The number of hydrogen-bond acceptors (Lipinski definition) is 4. The summed E-state index contributed by atoms with van der Waals surface area (Å²) in [5.74, 6) is -2.48. The number of carboxylic acids is 2. The summed E-state index contributed by atoms with van der Waals surface area (Å²) in [6.07, 6.45) is 0. The van der Waals surface area contributed by atoms with E-state index >= 15 is 0 Å². The van der Waals surface area contributed by atoms with Crippen LogP contribution < -0.4 is 0 Å². The van der Waals surface area contributed by atoms with Gasteiger partial charge in [-0.3, -0.25) is 4.79 Å². The minimum atomic E-state index is -1.24. The minimum absolute atomic E-state index is 0.163. The Morgan fingerprint density at radius 1 is 1.00 bits per heavy atom. The number of aromatic carboxylic acids is 2. The fraction of sp³-hybridized carbons (Fsp3) is 0.182. The second-order valence-corrected chi connectivity index (χ2v) is 4.64. The summed E-state index contributed by atoms with van der Waals surface area (Å²) in [7, 11) is 3.10. The van der Waals surface area contributed by atoms with E-state index in [4.69, 9.17) is 10.2 Å². The zero-order valence-corrected chi connectivity index (χ0v) is 10.5. The molecule has 0 atom stereocenters. The highest BCUT2D eigenvalue weighted by Gasteiger charge is 2.14. The third kappa shape index (κ3) is 3.49. The van der Waals surface area contributed by atoms with Crippen molar-refractivity contribution in [2.45, 2.75) is 4.90 Å². The van der Waals surface area contributed by atoms with Crippen LogP contribution >= 0.6 is 11.8 Å². The number of thioether (sulfide) groups is 1. The molecule has 0 aliphatic heterocycles. The van der Waals surface area contributed by atoms with Gasteiger partial charge in [-0.15, -0.1) is 0 Å². The smallest absolute Gasteiger partial charge is 0.335 e. The van der Waals surface area contributed by atoms with Crippen molar-refractivity contribution in [1.82, 2.24) is 4.90 Å². The van der Waals surface area contributed by atoms with Crippen molar-refractivity contribution in [3.63, 3.8) is 0 Å². The largest absolute Gasteiger partial charge is 0.478 e. The van der Waals surface area contributed by atoms with Crippen molar-refractivity contribution in [2.75, 3.05) is 14.1 Å². The average Bonchev–Trinajstić information content (AvgIpc) is 2.28. The third-order valence-corrected chi connectivity index (χ3v) is 2.98. The van der Waals surface area contributed by atoms with Crippen LogP contribution in [0.4, 0.5) is 4.79 Å². The topological polar surface area (TPSA) is 94.9 Å². The Kier molecular flexibility index (Phi) is 4.33. The summed E-state index contributed by atoms with van der Waals surface area (Å²) in [5.41, 5.74) is -0.326. The molecule has 1 aromatic carbocycles. The number of carbonyl (C=O) groups excluding carboxylic acids is 1. The van der Waals surface area contributed by atoms with Gasteiger partial charge in [0.2, 0.25) is 0 Å². The van der Waals surface area contributed by atoms with Gasteiger partial charge in [0.25, 0.3) is 5.24 Å². The molecular formula is C11H11NO5S. The monoisotopic (exact) mass is 269 g/mol. The summed E-state index contributed by atoms with van der Waals surface area (Å²) >= 11 is 0.775. The molecule has 0 aromatic heterocycles. The van der Waals surface area contributed by atoms with Crippen LogP contribution in [-0.2, 0) is 0 Å². The molecule has 0 unspecified atom stereocenters. The molecule has 1 amide bonds. The number of carboxylic acid groups (broad SMARTS) is 2. The molecule has 2 N–H and O–H groups in total. The van der Waals surface area contributed by atoms with Crippen LogP contribution in [0.25, 0.3) is 0 Å².